The molecule has 22 heavy (non-hydrogen) atoms. The van der Waals surface area contributed by atoms with E-state index in [0.29, 0.717) is 18.0 Å². The van der Waals surface area contributed by atoms with Gasteiger partial charge in [0.05, 0.1) is 11.6 Å². The molecule has 1 aliphatic rings. The lowest BCUT2D eigenvalue weighted by molar-refractivity contribution is -0.116. The molecular weight excluding hydrogens is 278 g/mol. The summed E-state index contributed by atoms with van der Waals surface area (Å²) in [5.41, 5.74) is 1.31. The number of hydrogen-bond donors (Lipinski definition) is 2. The molecule has 0 aromatic heterocycles. The highest BCUT2D eigenvalue weighted by Gasteiger charge is 2.23. The van der Waals surface area contributed by atoms with Gasteiger partial charge in [0.2, 0.25) is 5.91 Å². The Kier molecular flexibility index (Phi) is 6.38. The predicted octanol–water partition coefficient (Wildman–Crippen LogP) is 2.12. The summed E-state index contributed by atoms with van der Waals surface area (Å²) >= 11 is 0. The lowest BCUT2D eigenvalue weighted by atomic mass is 10.1. The molecule has 0 radical (unpaired) electrons. The molecule has 1 aromatic rings. The lowest BCUT2D eigenvalue weighted by Gasteiger charge is -2.23. The van der Waals surface area contributed by atoms with Gasteiger partial charge >= 0.3 is 0 Å². The molecule has 0 bridgehead atoms. The van der Waals surface area contributed by atoms with Crippen molar-refractivity contribution in [3.05, 3.63) is 29.8 Å². The van der Waals surface area contributed by atoms with Crippen LogP contribution in [-0.4, -0.2) is 41.7 Å². The second-order valence-electron chi connectivity index (χ2n) is 5.69. The Morgan fingerprint density at radius 3 is 2.86 bits per heavy atom. The number of likely N-dealkylation sites (tertiary alicyclic amines) is 1. The first kappa shape index (κ1) is 16.5. The Morgan fingerprint density at radius 1 is 1.41 bits per heavy atom. The van der Waals surface area contributed by atoms with Gasteiger partial charge in [-0.3, -0.25) is 9.69 Å². The van der Waals surface area contributed by atoms with Gasteiger partial charge < -0.3 is 10.4 Å². The highest BCUT2D eigenvalue weighted by molar-refractivity contribution is 5.90. The molecule has 5 nitrogen and oxygen atoms in total. The third kappa shape index (κ3) is 4.83. The number of benzene rings is 1. The van der Waals surface area contributed by atoms with Gasteiger partial charge in [0.15, 0.2) is 0 Å². The van der Waals surface area contributed by atoms with Crippen molar-refractivity contribution in [2.75, 3.05) is 25.0 Å². The molecule has 1 aliphatic heterocycles. The number of aliphatic hydroxyl groups is 1. The van der Waals surface area contributed by atoms with Crippen molar-refractivity contribution in [1.82, 2.24) is 4.90 Å². The Balaban J connectivity index is 1.76. The molecule has 1 unspecified atom stereocenters. The van der Waals surface area contributed by atoms with Crippen LogP contribution in [0.15, 0.2) is 24.3 Å². The molecule has 1 aromatic carbocycles. The maximum atomic E-state index is 12.0. The monoisotopic (exact) mass is 301 g/mol. The molecule has 2 rings (SSSR count). The number of nitrogens with zero attached hydrogens (tertiary/aromatic N) is 2. The van der Waals surface area contributed by atoms with E-state index in [1.165, 1.54) is 6.42 Å². The zero-order valence-electron chi connectivity index (χ0n) is 12.8. The van der Waals surface area contributed by atoms with E-state index in [2.05, 4.69) is 16.3 Å². The Labute approximate surface area is 131 Å². The van der Waals surface area contributed by atoms with Crippen molar-refractivity contribution in [3.63, 3.8) is 0 Å². The first-order chi connectivity index (χ1) is 10.7. The van der Waals surface area contributed by atoms with Crippen LogP contribution in [0.25, 0.3) is 0 Å². The van der Waals surface area contributed by atoms with Gasteiger partial charge in [-0.2, -0.15) is 5.26 Å². The second-order valence-corrected chi connectivity index (χ2v) is 5.69. The molecule has 1 amide bonds. The minimum atomic E-state index is -0.00230. The quantitative estimate of drug-likeness (QED) is 0.809. The van der Waals surface area contributed by atoms with Crippen LogP contribution in [0.2, 0.25) is 0 Å². The minimum Gasteiger partial charge on any atom is -0.396 e. The summed E-state index contributed by atoms with van der Waals surface area (Å²) in [6, 6.07) is 9.45. The van der Waals surface area contributed by atoms with Crippen molar-refractivity contribution in [3.8, 4) is 6.07 Å². The van der Waals surface area contributed by atoms with Gasteiger partial charge in [-0.1, -0.05) is 0 Å². The van der Waals surface area contributed by atoms with E-state index in [0.717, 1.165) is 38.0 Å². The van der Waals surface area contributed by atoms with Crippen LogP contribution in [0, 0.1) is 11.3 Å². The summed E-state index contributed by atoms with van der Waals surface area (Å²) in [4.78, 5) is 14.4. The number of aliphatic hydroxyl groups excluding tert-OH is 1. The highest BCUT2D eigenvalue weighted by Crippen LogP contribution is 2.21. The summed E-state index contributed by atoms with van der Waals surface area (Å²) in [7, 11) is 0. The molecule has 0 saturated carbocycles. The van der Waals surface area contributed by atoms with E-state index >= 15 is 0 Å². The average molecular weight is 301 g/mol. The van der Waals surface area contributed by atoms with Crippen molar-refractivity contribution in [2.24, 2.45) is 0 Å². The predicted molar refractivity (Wildman–Crippen MR) is 85.3 cm³/mol. The SMILES string of the molecule is N#Cc1ccc(NC(=O)CCN2CCCC2CCCO)cc1. The number of hydrogen-bond acceptors (Lipinski definition) is 4. The lowest BCUT2D eigenvalue weighted by Crippen LogP contribution is -2.32. The van der Waals surface area contributed by atoms with Gasteiger partial charge in [0.1, 0.15) is 0 Å². The molecule has 5 heteroatoms. The van der Waals surface area contributed by atoms with Crippen LogP contribution in [0.3, 0.4) is 0 Å². The van der Waals surface area contributed by atoms with Crippen molar-refractivity contribution >= 4 is 11.6 Å². The Bertz CT molecular complexity index is 522. The van der Waals surface area contributed by atoms with E-state index in [-0.39, 0.29) is 12.5 Å². The number of anilines is 1. The second kappa shape index (κ2) is 8.52. The summed E-state index contributed by atoms with van der Waals surface area (Å²) < 4.78 is 0. The van der Waals surface area contributed by atoms with Crippen molar-refractivity contribution in [1.29, 1.82) is 5.26 Å². The Morgan fingerprint density at radius 2 is 2.18 bits per heavy atom. The molecule has 1 saturated heterocycles. The fraction of sp³-hybridized carbons (Fsp3) is 0.529. The third-order valence-corrected chi connectivity index (χ3v) is 4.12. The summed E-state index contributed by atoms with van der Waals surface area (Å²) in [5.74, 6) is -0.00230. The Hall–Kier alpha value is -1.90. The number of amides is 1. The van der Waals surface area contributed by atoms with Crippen LogP contribution in [0.5, 0.6) is 0 Å². The molecule has 2 N–H and O–H groups in total. The third-order valence-electron chi connectivity index (χ3n) is 4.12. The molecule has 1 atom stereocenters. The largest absolute Gasteiger partial charge is 0.396 e. The van der Waals surface area contributed by atoms with E-state index in [1.807, 2.05) is 0 Å². The number of rotatable bonds is 7. The number of nitriles is 1. The van der Waals surface area contributed by atoms with Crippen molar-refractivity contribution in [2.45, 2.75) is 38.1 Å². The van der Waals surface area contributed by atoms with Gasteiger partial charge in [-0.15, -0.1) is 0 Å². The molecule has 1 fully saturated rings. The van der Waals surface area contributed by atoms with Crippen LogP contribution in [-0.2, 0) is 4.79 Å². The van der Waals surface area contributed by atoms with Gasteiger partial charge in [-0.05, 0) is 56.5 Å². The van der Waals surface area contributed by atoms with Crippen molar-refractivity contribution < 1.29 is 9.90 Å². The van der Waals surface area contributed by atoms with E-state index < -0.39 is 0 Å². The molecule has 0 aliphatic carbocycles. The fourth-order valence-electron chi connectivity index (χ4n) is 2.94. The summed E-state index contributed by atoms with van der Waals surface area (Å²) in [6.45, 7) is 2.04. The molecule has 1 heterocycles. The fourth-order valence-corrected chi connectivity index (χ4v) is 2.94. The first-order valence-electron chi connectivity index (χ1n) is 7.88. The normalized spacial score (nSPS) is 18.1. The van der Waals surface area contributed by atoms with Crippen LogP contribution in [0.4, 0.5) is 5.69 Å². The van der Waals surface area contributed by atoms with Crippen LogP contribution in [0.1, 0.15) is 37.7 Å². The van der Waals surface area contributed by atoms with Crippen LogP contribution >= 0.6 is 0 Å². The number of nitrogens with one attached hydrogen (secondary N) is 1. The van der Waals surface area contributed by atoms with E-state index in [1.54, 1.807) is 24.3 Å². The van der Waals surface area contributed by atoms with Crippen LogP contribution < -0.4 is 5.32 Å². The zero-order chi connectivity index (χ0) is 15.8. The van der Waals surface area contributed by atoms with E-state index in [4.69, 9.17) is 10.4 Å². The topological polar surface area (TPSA) is 76.4 Å². The number of carbonyl (C=O) groups is 1. The number of carbonyl (C=O) groups excluding carboxylic acids is 1. The minimum absolute atomic E-state index is 0.00230. The van der Waals surface area contributed by atoms with Gasteiger partial charge in [0, 0.05) is 31.3 Å². The standard InChI is InChI=1S/C17H23N3O2/c18-13-14-5-7-15(8-6-14)19-17(22)9-11-20-10-1-3-16(20)4-2-12-21/h5-8,16,21H,1-4,9-12H2,(H,19,22). The zero-order valence-corrected chi connectivity index (χ0v) is 12.8. The molecule has 118 valence electrons. The van der Waals surface area contributed by atoms with E-state index in [9.17, 15) is 4.79 Å². The van der Waals surface area contributed by atoms with Gasteiger partial charge in [-0.25, -0.2) is 0 Å². The molecular formula is C17H23N3O2. The van der Waals surface area contributed by atoms with Gasteiger partial charge in [0.25, 0.3) is 0 Å². The molecule has 0 spiro atoms. The average Bonchev–Trinajstić information content (AvgIpc) is 2.99. The summed E-state index contributed by atoms with van der Waals surface area (Å²) in [5, 5.41) is 20.5. The maximum Gasteiger partial charge on any atom is 0.225 e. The maximum absolute atomic E-state index is 12.0. The summed E-state index contributed by atoms with van der Waals surface area (Å²) in [6.07, 6.45) is 4.65. The smallest absolute Gasteiger partial charge is 0.225 e. The highest BCUT2D eigenvalue weighted by atomic mass is 16.2. The first-order valence-corrected chi connectivity index (χ1v) is 7.88.